The third kappa shape index (κ3) is 6.58. The van der Waals surface area contributed by atoms with Gasteiger partial charge in [-0.15, -0.1) is 0 Å². The Morgan fingerprint density at radius 3 is 2.50 bits per heavy atom. The highest BCUT2D eigenvalue weighted by Gasteiger charge is 2.44. The van der Waals surface area contributed by atoms with E-state index >= 15 is 0 Å². The Balaban J connectivity index is 2.18. The van der Waals surface area contributed by atoms with Gasteiger partial charge in [-0.3, -0.25) is 19.2 Å². The second-order valence-electron chi connectivity index (χ2n) is 7.41. The first-order valence-electron chi connectivity index (χ1n) is 10.3. The smallest absolute Gasteiger partial charge is 0.417 e. The summed E-state index contributed by atoms with van der Waals surface area (Å²) in [5.41, 5.74) is 0.683. The van der Waals surface area contributed by atoms with Crippen molar-refractivity contribution in [3.8, 4) is 0 Å². The maximum Gasteiger partial charge on any atom is 0.417 e. The first-order valence-corrected chi connectivity index (χ1v) is 10.3. The molecule has 1 saturated heterocycles. The van der Waals surface area contributed by atoms with Gasteiger partial charge in [-0.1, -0.05) is 30.3 Å². The number of ketones is 2. The minimum absolute atomic E-state index is 0.0320. The second kappa shape index (κ2) is 11.9. The van der Waals surface area contributed by atoms with Crippen molar-refractivity contribution < 1.29 is 38.6 Å². The van der Waals surface area contributed by atoms with Crippen LogP contribution in [-0.2, 0) is 28.7 Å². The van der Waals surface area contributed by atoms with E-state index in [0.29, 0.717) is 18.4 Å². The van der Waals surface area contributed by atoms with Gasteiger partial charge in [-0.05, 0) is 37.5 Å². The van der Waals surface area contributed by atoms with E-state index in [1.54, 1.807) is 30.3 Å². The van der Waals surface area contributed by atoms with E-state index in [4.69, 9.17) is 14.6 Å². The number of amides is 2. The number of aliphatic hydroxyl groups excluding tert-OH is 1. The summed E-state index contributed by atoms with van der Waals surface area (Å²) >= 11 is 0. The van der Waals surface area contributed by atoms with Crippen molar-refractivity contribution in [3.63, 3.8) is 0 Å². The number of benzene rings is 1. The summed E-state index contributed by atoms with van der Waals surface area (Å²) in [5, 5.41) is 8.77. The van der Waals surface area contributed by atoms with E-state index in [1.807, 2.05) is 0 Å². The van der Waals surface area contributed by atoms with Gasteiger partial charge in [0.25, 0.3) is 0 Å². The number of hydrogen-bond acceptors (Lipinski definition) is 8. The number of aliphatic hydroxyl groups is 1. The molecule has 1 aromatic carbocycles. The summed E-state index contributed by atoms with van der Waals surface area (Å²) in [5.74, 6) is -3.80. The van der Waals surface area contributed by atoms with Gasteiger partial charge in [0.05, 0.1) is 5.92 Å². The van der Waals surface area contributed by atoms with Crippen LogP contribution in [0.3, 0.4) is 0 Å². The highest BCUT2D eigenvalue weighted by atomic mass is 16.6. The summed E-state index contributed by atoms with van der Waals surface area (Å²) in [6.07, 6.45) is 0.748. The molecule has 0 spiro atoms. The van der Waals surface area contributed by atoms with Gasteiger partial charge < -0.3 is 14.6 Å². The number of hydrogen-bond donors (Lipinski definition) is 1. The molecular formula is C23H27NO8. The molecule has 0 bridgehead atoms. The van der Waals surface area contributed by atoms with Gasteiger partial charge in [-0.2, -0.15) is 0 Å². The lowest BCUT2D eigenvalue weighted by Crippen LogP contribution is -2.45. The molecule has 1 heterocycles. The van der Waals surface area contributed by atoms with Crippen LogP contribution in [0.1, 0.15) is 44.7 Å². The molecule has 32 heavy (non-hydrogen) atoms. The number of esters is 1. The molecule has 0 unspecified atom stereocenters. The Hall–Kier alpha value is -3.33. The average molecular weight is 445 g/mol. The van der Waals surface area contributed by atoms with Gasteiger partial charge in [-0.25, -0.2) is 9.69 Å². The fraction of sp³-hybridized carbons (Fsp3) is 0.435. The lowest BCUT2D eigenvalue weighted by molar-refractivity contribution is -0.158. The Labute approximate surface area is 186 Å². The molecule has 9 nitrogen and oxygen atoms in total. The summed E-state index contributed by atoms with van der Waals surface area (Å²) in [4.78, 5) is 62.4. The summed E-state index contributed by atoms with van der Waals surface area (Å²) in [7, 11) is 0. The number of nitrogens with zero attached hydrogens (tertiary/aromatic N) is 1. The van der Waals surface area contributed by atoms with Crippen LogP contribution < -0.4 is 0 Å². The van der Waals surface area contributed by atoms with Crippen molar-refractivity contribution >= 4 is 29.5 Å². The predicted octanol–water partition coefficient (Wildman–Crippen LogP) is 2.13. The van der Waals surface area contributed by atoms with Crippen molar-refractivity contribution in [3.05, 3.63) is 48.0 Å². The van der Waals surface area contributed by atoms with Gasteiger partial charge in [0, 0.05) is 20.0 Å². The molecule has 1 aliphatic rings. The predicted molar refractivity (Wildman–Crippen MR) is 112 cm³/mol. The van der Waals surface area contributed by atoms with Crippen LogP contribution >= 0.6 is 0 Å². The fourth-order valence-corrected chi connectivity index (χ4v) is 3.28. The van der Waals surface area contributed by atoms with Crippen LogP contribution in [0.4, 0.5) is 4.79 Å². The van der Waals surface area contributed by atoms with Gasteiger partial charge in [0.15, 0.2) is 17.7 Å². The SMILES string of the molecule is CC(=O)O[C@@H](C(=O)C=CC(=O)CCCCO)[C@@H](C)C(=O)N1C(=O)OC[C@H]1c1ccccc1. The number of allylic oxidation sites excluding steroid dienone is 1. The van der Waals surface area contributed by atoms with E-state index in [1.165, 1.54) is 6.92 Å². The van der Waals surface area contributed by atoms with Gasteiger partial charge in [0.1, 0.15) is 12.6 Å². The second-order valence-corrected chi connectivity index (χ2v) is 7.41. The number of unbranched alkanes of at least 4 members (excludes halogenated alkanes) is 1. The molecule has 0 saturated carbocycles. The van der Waals surface area contributed by atoms with E-state index in [2.05, 4.69) is 0 Å². The third-order valence-corrected chi connectivity index (χ3v) is 4.98. The Kier molecular flexibility index (Phi) is 9.27. The molecule has 3 atom stereocenters. The number of rotatable bonds is 11. The zero-order chi connectivity index (χ0) is 23.7. The van der Waals surface area contributed by atoms with Crippen LogP contribution in [0.2, 0.25) is 0 Å². The number of imide groups is 1. The van der Waals surface area contributed by atoms with Crippen molar-refractivity contribution in [2.45, 2.75) is 45.3 Å². The molecule has 0 aromatic heterocycles. The Morgan fingerprint density at radius 2 is 1.88 bits per heavy atom. The quantitative estimate of drug-likeness (QED) is 0.312. The molecule has 1 fully saturated rings. The lowest BCUT2D eigenvalue weighted by atomic mass is 9.97. The number of ether oxygens (including phenoxy) is 2. The van der Waals surface area contributed by atoms with Crippen LogP contribution in [0.25, 0.3) is 0 Å². The van der Waals surface area contributed by atoms with Crippen LogP contribution in [-0.4, -0.2) is 58.9 Å². The van der Waals surface area contributed by atoms with Gasteiger partial charge in [0.2, 0.25) is 5.91 Å². The van der Waals surface area contributed by atoms with E-state index in [-0.39, 0.29) is 25.4 Å². The molecule has 1 aromatic rings. The topological polar surface area (TPSA) is 127 Å². The lowest BCUT2D eigenvalue weighted by Gasteiger charge is -2.26. The monoisotopic (exact) mass is 445 g/mol. The Bertz CT molecular complexity index is 879. The third-order valence-electron chi connectivity index (χ3n) is 4.98. The van der Waals surface area contributed by atoms with Crippen molar-refractivity contribution in [2.75, 3.05) is 13.2 Å². The van der Waals surface area contributed by atoms with E-state index in [0.717, 1.165) is 24.0 Å². The van der Waals surface area contributed by atoms with Crippen molar-refractivity contribution in [1.29, 1.82) is 0 Å². The number of carbonyl (C=O) groups is 5. The fourth-order valence-electron chi connectivity index (χ4n) is 3.28. The molecule has 2 amide bonds. The highest BCUT2D eigenvalue weighted by molar-refractivity contribution is 6.04. The molecule has 0 radical (unpaired) electrons. The Morgan fingerprint density at radius 1 is 1.19 bits per heavy atom. The maximum absolute atomic E-state index is 13.1. The summed E-state index contributed by atoms with van der Waals surface area (Å²) in [6.45, 7) is 2.40. The van der Waals surface area contributed by atoms with Crippen LogP contribution in [0, 0.1) is 5.92 Å². The molecule has 1 aliphatic heterocycles. The van der Waals surface area contributed by atoms with E-state index in [9.17, 15) is 24.0 Å². The zero-order valence-electron chi connectivity index (χ0n) is 18.1. The van der Waals surface area contributed by atoms with Crippen LogP contribution in [0.15, 0.2) is 42.5 Å². The van der Waals surface area contributed by atoms with Crippen molar-refractivity contribution in [2.24, 2.45) is 5.92 Å². The molecule has 2 rings (SSSR count). The minimum atomic E-state index is -1.51. The highest BCUT2D eigenvalue weighted by Crippen LogP contribution is 2.30. The number of cyclic esters (lactones) is 1. The molecule has 9 heteroatoms. The van der Waals surface area contributed by atoms with E-state index < -0.39 is 41.8 Å². The van der Waals surface area contributed by atoms with Crippen LogP contribution in [0.5, 0.6) is 0 Å². The molecule has 1 N–H and O–H groups in total. The maximum atomic E-state index is 13.1. The average Bonchev–Trinajstić information content (AvgIpc) is 3.16. The first kappa shape index (κ1) is 24.9. The van der Waals surface area contributed by atoms with Gasteiger partial charge >= 0.3 is 12.1 Å². The minimum Gasteiger partial charge on any atom is -0.453 e. The number of carbonyl (C=O) groups excluding carboxylic acids is 5. The molecule has 0 aliphatic carbocycles. The normalized spacial score (nSPS) is 17.7. The first-order chi connectivity index (χ1) is 15.3. The standard InChI is InChI=1S/C23H27NO8/c1-15(21(32-16(2)26)20(28)12-11-18(27)10-6-7-13-25)22(29)24-19(14-31-23(24)30)17-8-4-3-5-9-17/h3-5,8-9,11-12,15,19,21,25H,6-7,10,13-14H2,1-2H3/t15-,19+,21-/m1/s1. The molecule has 172 valence electrons. The largest absolute Gasteiger partial charge is 0.453 e. The summed E-state index contributed by atoms with van der Waals surface area (Å²) < 4.78 is 10.1. The van der Waals surface area contributed by atoms with Crippen molar-refractivity contribution in [1.82, 2.24) is 4.90 Å². The molecular weight excluding hydrogens is 418 g/mol. The zero-order valence-corrected chi connectivity index (χ0v) is 18.1. The summed E-state index contributed by atoms with van der Waals surface area (Å²) in [6, 6.07) is 8.14.